The van der Waals surface area contributed by atoms with E-state index < -0.39 is 18.0 Å². The maximum absolute atomic E-state index is 11.9. The predicted octanol–water partition coefficient (Wildman–Crippen LogP) is 3.38. The van der Waals surface area contributed by atoms with Crippen molar-refractivity contribution in [3.05, 3.63) is 28.2 Å². The van der Waals surface area contributed by atoms with E-state index in [2.05, 4.69) is 26.6 Å². The van der Waals surface area contributed by atoms with Crippen LogP contribution < -0.4 is 10.6 Å². The number of benzene rings is 1. The SMILES string of the molecule is Cc1cccc(NC(=O)N[C@@H](CC(C)C)C(=O)O)c1Br. The first-order valence-electron chi connectivity index (χ1n) is 6.36. The minimum Gasteiger partial charge on any atom is -0.480 e. The van der Waals surface area contributed by atoms with Crippen LogP contribution in [0, 0.1) is 12.8 Å². The number of urea groups is 1. The minimum atomic E-state index is -1.03. The molecule has 0 spiro atoms. The number of carboxylic acids is 1. The number of hydrogen-bond donors (Lipinski definition) is 3. The van der Waals surface area contributed by atoms with Crippen molar-refractivity contribution in [3.8, 4) is 0 Å². The number of rotatable bonds is 5. The van der Waals surface area contributed by atoms with Gasteiger partial charge in [-0.1, -0.05) is 26.0 Å². The number of amides is 2. The number of aryl methyl sites for hydroxylation is 1. The highest BCUT2D eigenvalue weighted by atomic mass is 79.9. The Labute approximate surface area is 126 Å². The Morgan fingerprint density at radius 2 is 2.00 bits per heavy atom. The third kappa shape index (κ3) is 4.85. The number of hydrogen-bond acceptors (Lipinski definition) is 2. The summed E-state index contributed by atoms with van der Waals surface area (Å²) in [5, 5.41) is 14.2. The molecule has 0 aliphatic carbocycles. The van der Waals surface area contributed by atoms with Gasteiger partial charge in [-0.15, -0.1) is 0 Å². The summed E-state index contributed by atoms with van der Waals surface area (Å²) >= 11 is 3.39. The standard InChI is InChI=1S/C14H19BrN2O3/c1-8(2)7-11(13(18)19)17-14(20)16-10-6-4-5-9(3)12(10)15/h4-6,8,11H,7H2,1-3H3,(H,18,19)(H2,16,17,20)/t11-/m0/s1. The molecular weight excluding hydrogens is 324 g/mol. The second kappa shape index (κ2) is 7.28. The maximum atomic E-state index is 11.9. The van der Waals surface area contributed by atoms with E-state index in [9.17, 15) is 9.59 Å². The van der Waals surface area contributed by atoms with Crippen LogP contribution in [0.4, 0.5) is 10.5 Å². The number of carboxylic acid groups (broad SMARTS) is 1. The molecule has 1 atom stereocenters. The highest BCUT2D eigenvalue weighted by molar-refractivity contribution is 9.10. The molecule has 0 aromatic heterocycles. The van der Waals surface area contributed by atoms with E-state index in [0.717, 1.165) is 10.0 Å². The molecule has 1 rings (SSSR count). The van der Waals surface area contributed by atoms with Crippen LogP contribution in [0.1, 0.15) is 25.8 Å². The molecular formula is C14H19BrN2O3. The van der Waals surface area contributed by atoms with Gasteiger partial charge in [-0.3, -0.25) is 0 Å². The van der Waals surface area contributed by atoms with Crippen LogP contribution in [-0.4, -0.2) is 23.1 Å². The smallest absolute Gasteiger partial charge is 0.326 e. The van der Waals surface area contributed by atoms with Gasteiger partial charge in [0.25, 0.3) is 0 Å². The van der Waals surface area contributed by atoms with E-state index >= 15 is 0 Å². The Hall–Kier alpha value is -1.56. The first-order valence-corrected chi connectivity index (χ1v) is 7.16. The van der Waals surface area contributed by atoms with Crippen molar-refractivity contribution >= 4 is 33.6 Å². The van der Waals surface area contributed by atoms with Crippen LogP contribution >= 0.6 is 15.9 Å². The van der Waals surface area contributed by atoms with Gasteiger partial charge in [0.1, 0.15) is 6.04 Å². The fraction of sp³-hybridized carbons (Fsp3) is 0.429. The molecule has 0 heterocycles. The maximum Gasteiger partial charge on any atom is 0.326 e. The summed E-state index contributed by atoms with van der Waals surface area (Å²) < 4.78 is 0.783. The molecule has 0 bridgehead atoms. The summed E-state index contributed by atoms with van der Waals surface area (Å²) in [6, 6.07) is 4.06. The first-order chi connectivity index (χ1) is 9.31. The van der Waals surface area contributed by atoms with Gasteiger partial charge in [0.2, 0.25) is 0 Å². The number of carbonyl (C=O) groups is 2. The molecule has 20 heavy (non-hydrogen) atoms. The number of anilines is 1. The summed E-state index contributed by atoms with van der Waals surface area (Å²) in [5.74, 6) is -0.848. The van der Waals surface area contributed by atoms with Crippen molar-refractivity contribution in [2.24, 2.45) is 5.92 Å². The van der Waals surface area contributed by atoms with Crippen LogP contribution in [0.25, 0.3) is 0 Å². The molecule has 2 amide bonds. The molecule has 6 heteroatoms. The van der Waals surface area contributed by atoms with Crippen molar-refractivity contribution in [3.63, 3.8) is 0 Å². The Balaban J connectivity index is 2.71. The van der Waals surface area contributed by atoms with Crippen LogP contribution in [0.15, 0.2) is 22.7 Å². The molecule has 0 unspecified atom stereocenters. The quantitative estimate of drug-likeness (QED) is 0.767. The third-order valence-electron chi connectivity index (χ3n) is 2.75. The molecule has 0 radical (unpaired) electrons. The van der Waals surface area contributed by atoms with Gasteiger partial charge in [0, 0.05) is 4.47 Å². The van der Waals surface area contributed by atoms with Crippen LogP contribution in [0.3, 0.4) is 0 Å². The van der Waals surface area contributed by atoms with Crippen molar-refractivity contribution in [1.82, 2.24) is 5.32 Å². The fourth-order valence-electron chi connectivity index (χ4n) is 1.75. The van der Waals surface area contributed by atoms with Crippen LogP contribution in [-0.2, 0) is 4.79 Å². The van der Waals surface area contributed by atoms with Crippen LogP contribution in [0.2, 0.25) is 0 Å². The first kappa shape index (κ1) is 16.5. The van der Waals surface area contributed by atoms with Gasteiger partial charge in [0.05, 0.1) is 5.69 Å². The van der Waals surface area contributed by atoms with E-state index in [0.29, 0.717) is 12.1 Å². The Morgan fingerprint density at radius 1 is 1.35 bits per heavy atom. The number of halogens is 1. The number of aliphatic carboxylic acids is 1. The lowest BCUT2D eigenvalue weighted by molar-refractivity contribution is -0.139. The zero-order valence-electron chi connectivity index (χ0n) is 11.7. The molecule has 110 valence electrons. The van der Waals surface area contributed by atoms with E-state index in [1.165, 1.54) is 0 Å². The van der Waals surface area contributed by atoms with E-state index in [1.807, 2.05) is 32.9 Å². The Morgan fingerprint density at radius 3 is 2.55 bits per heavy atom. The number of nitrogens with one attached hydrogen (secondary N) is 2. The van der Waals surface area contributed by atoms with Gasteiger partial charge in [0.15, 0.2) is 0 Å². The average molecular weight is 343 g/mol. The third-order valence-corrected chi connectivity index (χ3v) is 3.80. The van der Waals surface area contributed by atoms with Crippen molar-refractivity contribution in [2.45, 2.75) is 33.2 Å². The second-order valence-corrected chi connectivity index (χ2v) is 5.85. The van der Waals surface area contributed by atoms with E-state index in [1.54, 1.807) is 6.07 Å². The lowest BCUT2D eigenvalue weighted by atomic mass is 10.0. The summed E-state index contributed by atoms with van der Waals surface area (Å²) in [7, 11) is 0. The zero-order chi connectivity index (χ0) is 15.3. The molecule has 0 aliphatic rings. The monoisotopic (exact) mass is 342 g/mol. The predicted molar refractivity (Wildman–Crippen MR) is 81.9 cm³/mol. The van der Waals surface area contributed by atoms with Crippen molar-refractivity contribution < 1.29 is 14.7 Å². The number of carbonyl (C=O) groups excluding carboxylic acids is 1. The van der Waals surface area contributed by atoms with Gasteiger partial charge < -0.3 is 15.7 Å². The highest BCUT2D eigenvalue weighted by Crippen LogP contribution is 2.25. The molecule has 0 aliphatic heterocycles. The molecule has 0 saturated carbocycles. The summed E-state index contributed by atoms with van der Waals surface area (Å²) in [4.78, 5) is 23.0. The zero-order valence-corrected chi connectivity index (χ0v) is 13.3. The van der Waals surface area contributed by atoms with Crippen LogP contribution in [0.5, 0.6) is 0 Å². The van der Waals surface area contributed by atoms with E-state index in [-0.39, 0.29) is 5.92 Å². The summed E-state index contributed by atoms with van der Waals surface area (Å²) in [5.41, 5.74) is 1.59. The van der Waals surface area contributed by atoms with Gasteiger partial charge in [-0.25, -0.2) is 9.59 Å². The Bertz CT molecular complexity index is 503. The largest absolute Gasteiger partial charge is 0.480 e. The molecule has 5 nitrogen and oxygen atoms in total. The van der Waals surface area contributed by atoms with Gasteiger partial charge in [-0.05, 0) is 46.8 Å². The topological polar surface area (TPSA) is 78.4 Å². The highest BCUT2D eigenvalue weighted by Gasteiger charge is 2.21. The van der Waals surface area contributed by atoms with Crippen molar-refractivity contribution in [2.75, 3.05) is 5.32 Å². The van der Waals surface area contributed by atoms with Crippen molar-refractivity contribution in [1.29, 1.82) is 0 Å². The van der Waals surface area contributed by atoms with Gasteiger partial charge >= 0.3 is 12.0 Å². The van der Waals surface area contributed by atoms with E-state index in [4.69, 9.17) is 5.11 Å². The second-order valence-electron chi connectivity index (χ2n) is 5.06. The minimum absolute atomic E-state index is 0.183. The fourth-order valence-corrected chi connectivity index (χ4v) is 2.12. The molecule has 0 saturated heterocycles. The lowest BCUT2D eigenvalue weighted by Gasteiger charge is -2.17. The molecule has 3 N–H and O–H groups in total. The van der Waals surface area contributed by atoms with Gasteiger partial charge in [-0.2, -0.15) is 0 Å². The normalized spacial score (nSPS) is 12.1. The summed E-state index contributed by atoms with van der Waals surface area (Å²) in [6.07, 6.45) is 0.387. The Kier molecular flexibility index (Phi) is 6.01. The average Bonchev–Trinajstić information content (AvgIpc) is 2.33. The summed E-state index contributed by atoms with van der Waals surface area (Å²) in [6.45, 7) is 5.73. The molecule has 1 aromatic rings. The lowest BCUT2D eigenvalue weighted by Crippen LogP contribution is -2.43. The molecule has 0 fully saturated rings. The molecule has 1 aromatic carbocycles.